The number of carbonyl (C=O) groups excluding carboxylic acids is 2. The molecule has 2 aromatic rings. The van der Waals surface area contributed by atoms with Crippen LogP contribution in [0.3, 0.4) is 0 Å². The van der Waals surface area contributed by atoms with E-state index in [9.17, 15) is 9.59 Å². The summed E-state index contributed by atoms with van der Waals surface area (Å²) in [5.41, 5.74) is 2.03. The molecule has 1 fully saturated rings. The van der Waals surface area contributed by atoms with Gasteiger partial charge in [0.15, 0.2) is 5.13 Å². The fourth-order valence-corrected chi connectivity index (χ4v) is 3.36. The van der Waals surface area contributed by atoms with E-state index in [1.165, 1.54) is 16.2 Å². The summed E-state index contributed by atoms with van der Waals surface area (Å²) in [5, 5.41) is 6.51. The number of benzene rings is 1. The van der Waals surface area contributed by atoms with Gasteiger partial charge in [-0.2, -0.15) is 0 Å². The van der Waals surface area contributed by atoms with Crippen LogP contribution in [0.25, 0.3) is 10.2 Å². The monoisotopic (exact) mass is 318 g/mol. The molecule has 0 bridgehead atoms. The molecule has 1 saturated heterocycles. The molecule has 0 spiro atoms. The fourth-order valence-electron chi connectivity index (χ4n) is 2.38. The van der Waals surface area contributed by atoms with Crippen LogP contribution < -0.4 is 10.6 Å². The first-order valence-corrected chi connectivity index (χ1v) is 8.01. The Balaban J connectivity index is 1.64. The molecule has 22 heavy (non-hydrogen) atoms. The highest BCUT2D eigenvalue weighted by molar-refractivity contribution is 7.22. The lowest BCUT2D eigenvalue weighted by Gasteiger charge is -2.30. The van der Waals surface area contributed by atoms with Crippen LogP contribution in [0, 0.1) is 6.92 Å². The number of aromatic nitrogens is 1. The molecule has 1 atom stereocenters. The Hall–Kier alpha value is -1.99. The number of fused-ring (bicyclic) bond motifs is 1. The zero-order valence-electron chi connectivity index (χ0n) is 12.5. The molecule has 0 radical (unpaired) electrons. The minimum absolute atomic E-state index is 0.00123. The molecule has 1 aromatic heterocycles. The fraction of sp³-hybridized carbons (Fsp3) is 0.400. The summed E-state index contributed by atoms with van der Waals surface area (Å²) in [6.45, 7) is 4.44. The highest BCUT2D eigenvalue weighted by atomic mass is 32.1. The van der Waals surface area contributed by atoms with Crippen molar-refractivity contribution >= 4 is 38.5 Å². The van der Waals surface area contributed by atoms with E-state index in [1.54, 1.807) is 0 Å². The number of amides is 2. The van der Waals surface area contributed by atoms with Crippen LogP contribution in [0.5, 0.6) is 0 Å². The number of hydrogen-bond donors (Lipinski definition) is 2. The van der Waals surface area contributed by atoms with Gasteiger partial charge in [0.05, 0.1) is 16.9 Å². The van der Waals surface area contributed by atoms with E-state index in [1.807, 2.05) is 32.0 Å². The Kier molecular flexibility index (Phi) is 4.08. The molecule has 1 aliphatic rings. The van der Waals surface area contributed by atoms with E-state index in [2.05, 4.69) is 15.6 Å². The van der Waals surface area contributed by atoms with E-state index in [-0.39, 0.29) is 24.4 Å². The van der Waals surface area contributed by atoms with Gasteiger partial charge in [-0.05, 0) is 31.5 Å². The third-order valence-corrected chi connectivity index (χ3v) is 4.52. The molecule has 0 saturated carbocycles. The van der Waals surface area contributed by atoms with Crippen LogP contribution in [-0.4, -0.2) is 41.0 Å². The van der Waals surface area contributed by atoms with Gasteiger partial charge >= 0.3 is 0 Å². The average molecular weight is 318 g/mol. The van der Waals surface area contributed by atoms with Crippen molar-refractivity contribution in [3.8, 4) is 0 Å². The number of nitrogens with one attached hydrogen (secondary N) is 2. The predicted molar refractivity (Wildman–Crippen MR) is 86.8 cm³/mol. The Morgan fingerprint density at radius 3 is 3.14 bits per heavy atom. The van der Waals surface area contributed by atoms with Gasteiger partial charge in [0.1, 0.15) is 6.54 Å². The SMILES string of the molecule is Cc1ccc2nc(NC(=O)CN3CNC(C)CC3=O)sc2c1. The number of thiazole rings is 1. The van der Waals surface area contributed by atoms with E-state index in [0.29, 0.717) is 18.2 Å². The predicted octanol–water partition coefficient (Wildman–Crippen LogP) is 1.71. The molecule has 1 aliphatic heterocycles. The second kappa shape index (κ2) is 6.02. The highest BCUT2D eigenvalue weighted by Crippen LogP contribution is 2.26. The largest absolute Gasteiger partial charge is 0.321 e. The van der Waals surface area contributed by atoms with Gasteiger partial charge in [-0.25, -0.2) is 4.98 Å². The zero-order chi connectivity index (χ0) is 15.7. The second-order valence-electron chi connectivity index (χ2n) is 5.60. The van der Waals surface area contributed by atoms with Crippen molar-refractivity contribution in [3.63, 3.8) is 0 Å². The van der Waals surface area contributed by atoms with Crippen molar-refractivity contribution < 1.29 is 9.59 Å². The summed E-state index contributed by atoms with van der Waals surface area (Å²) < 4.78 is 1.04. The van der Waals surface area contributed by atoms with Crippen molar-refractivity contribution in [2.45, 2.75) is 26.3 Å². The molecule has 0 aliphatic carbocycles. The first kappa shape index (κ1) is 14.9. The smallest absolute Gasteiger partial charge is 0.245 e. The normalized spacial score (nSPS) is 18.7. The third kappa shape index (κ3) is 3.26. The Bertz CT molecular complexity index is 727. The van der Waals surface area contributed by atoms with E-state index in [0.717, 1.165) is 15.8 Å². The standard InChI is InChI=1S/C15H18N4O2S/c1-9-3-4-11-12(5-9)22-15(17-11)18-13(20)7-19-8-16-10(2)6-14(19)21/h3-5,10,16H,6-8H2,1-2H3,(H,17,18,20). The lowest BCUT2D eigenvalue weighted by atomic mass is 10.2. The van der Waals surface area contributed by atoms with E-state index >= 15 is 0 Å². The van der Waals surface area contributed by atoms with Crippen LogP contribution >= 0.6 is 11.3 Å². The summed E-state index contributed by atoms with van der Waals surface area (Å²) in [6, 6.07) is 6.14. The van der Waals surface area contributed by atoms with Gasteiger partial charge in [0, 0.05) is 12.5 Å². The maximum atomic E-state index is 12.1. The van der Waals surface area contributed by atoms with Gasteiger partial charge in [-0.15, -0.1) is 0 Å². The first-order chi connectivity index (χ1) is 10.5. The first-order valence-electron chi connectivity index (χ1n) is 7.19. The van der Waals surface area contributed by atoms with Crippen LogP contribution in [-0.2, 0) is 9.59 Å². The molecule has 2 N–H and O–H groups in total. The molecule has 116 valence electrons. The van der Waals surface area contributed by atoms with Gasteiger partial charge < -0.3 is 10.2 Å². The Morgan fingerprint density at radius 2 is 2.36 bits per heavy atom. The topological polar surface area (TPSA) is 74.3 Å². The molecular formula is C15H18N4O2S. The number of rotatable bonds is 3. The number of carbonyl (C=O) groups is 2. The average Bonchev–Trinajstić information content (AvgIpc) is 2.83. The number of aryl methyl sites for hydroxylation is 1. The van der Waals surface area contributed by atoms with Crippen molar-refractivity contribution in [3.05, 3.63) is 23.8 Å². The number of nitrogens with zero attached hydrogens (tertiary/aromatic N) is 2. The maximum Gasteiger partial charge on any atom is 0.245 e. The van der Waals surface area contributed by atoms with E-state index in [4.69, 9.17) is 0 Å². The molecule has 6 nitrogen and oxygen atoms in total. The van der Waals surface area contributed by atoms with E-state index < -0.39 is 0 Å². The molecule has 7 heteroatoms. The van der Waals surface area contributed by atoms with Crippen molar-refractivity contribution in [2.24, 2.45) is 0 Å². The Morgan fingerprint density at radius 1 is 1.55 bits per heavy atom. The minimum Gasteiger partial charge on any atom is -0.321 e. The van der Waals surface area contributed by atoms with Gasteiger partial charge in [-0.1, -0.05) is 17.4 Å². The summed E-state index contributed by atoms with van der Waals surface area (Å²) in [6.07, 6.45) is 0.424. The molecule has 3 rings (SSSR count). The highest BCUT2D eigenvalue weighted by Gasteiger charge is 2.24. The van der Waals surface area contributed by atoms with Gasteiger partial charge in [0.2, 0.25) is 11.8 Å². The third-order valence-electron chi connectivity index (χ3n) is 3.59. The molecular weight excluding hydrogens is 300 g/mol. The van der Waals surface area contributed by atoms with Crippen molar-refractivity contribution in [2.75, 3.05) is 18.5 Å². The zero-order valence-corrected chi connectivity index (χ0v) is 13.4. The van der Waals surface area contributed by atoms with Crippen molar-refractivity contribution in [1.82, 2.24) is 15.2 Å². The summed E-state index contributed by atoms with van der Waals surface area (Å²) in [4.78, 5) is 29.9. The second-order valence-corrected chi connectivity index (χ2v) is 6.63. The van der Waals surface area contributed by atoms with Crippen LogP contribution in [0.2, 0.25) is 0 Å². The number of hydrogen-bond acceptors (Lipinski definition) is 5. The van der Waals surface area contributed by atoms with Crippen LogP contribution in [0.15, 0.2) is 18.2 Å². The van der Waals surface area contributed by atoms with Crippen LogP contribution in [0.4, 0.5) is 5.13 Å². The molecule has 2 amide bonds. The summed E-state index contributed by atoms with van der Waals surface area (Å²) >= 11 is 1.44. The minimum atomic E-state index is -0.222. The van der Waals surface area contributed by atoms with Gasteiger partial charge in [-0.3, -0.25) is 14.9 Å². The summed E-state index contributed by atoms with van der Waals surface area (Å²) in [5.74, 6) is -0.221. The number of anilines is 1. The lowest BCUT2D eigenvalue weighted by Crippen LogP contribution is -2.51. The maximum absolute atomic E-state index is 12.1. The quantitative estimate of drug-likeness (QED) is 0.903. The Labute approximate surface area is 132 Å². The van der Waals surface area contributed by atoms with Crippen molar-refractivity contribution in [1.29, 1.82) is 0 Å². The van der Waals surface area contributed by atoms with Crippen LogP contribution in [0.1, 0.15) is 18.9 Å². The lowest BCUT2D eigenvalue weighted by molar-refractivity contribution is -0.137. The molecule has 2 heterocycles. The van der Waals surface area contributed by atoms with Gasteiger partial charge in [0.25, 0.3) is 0 Å². The molecule has 1 unspecified atom stereocenters. The molecule has 1 aromatic carbocycles. The summed E-state index contributed by atoms with van der Waals surface area (Å²) in [7, 11) is 0.